The van der Waals surface area contributed by atoms with Gasteiger partial charge in [-0.25, -0.2) is 9.37 Å². The molecule has 180 valence electrons. The van der Waals surface area contributed by atoms with Gasteiger partial charge >= 0.3 is 0 Å². The first-order valence-corrected chi connectivity index (χ1v) is 11.8. The molecular weight excluding hydrogens is 469 g/mol. The van der Waals surface area contributed by atoms with Crippen LogP contribution in [0.15, 0.2) is 76.7 Å². The summed E-state index contributed by atoms with van der Waals surface area (Å²) in [6, 6.07) is 18.8. The number of carbonyl (C=O) groups excluding carboxylic acids is 1. The number of nitrogens with one attached hydrogen (secondary N) is 1. The van der Waals surface area contributed by atoms with Crippen molar-refractivity contribution < 1.29 is 18.7 Å². The fraction of sp³-hybridized carbons (Fsp3) is 0.192. The van der Waals surface area contributed by atoms with Crippen molar-refractivity contribution >= 4 is 28.6 Å². The molecule has 0 aliphatic carbocycles. The molecule has 1 amide bonds. The van der Waals surface area contributed by atoms with Gasteiger partial charge in [0.15, 0.2) is 16.7 Å². The highest BCUT2D eigenvalue weighted by molar-refractivity contribution is 7.99. The van der Waals surface area contributed by atoms with Gasteiger partial charge in [-0.05, 0) is 35.9 Å². The fourth-order valence-electron chi connectivity index (χ4n) is 3.58. The predicted molar refractivity (Wildman–Crippen MR) is 134 cm³/mol. The highest BCUT2D eigenvalue weighted by atomic mass is 32.2. The molecule has 7 nitrogen and oxygen atoms in total. The zero-order valence-corrected chi connectivity index (χ0v) is 20.1. The number of nitrogens with zero attached hydrogens (tertiary/aromatic N) is 2. The van der Waals surface area contributed by atoms with E-state index in [1.165, 1.54) is 6.07 Å². The second-order valence-corrected chi connectivity index (χ2v) is 8.59. The smallest absolute Gasteiger partial charge is 0.262 e. The summed E-state index contributed by atoms with van der Waals surface area (Å²) in [5, 5.41) is 3.61. The fourth-order valence-corrected chi connectivity index (χ4v) is 4.40. The SMILES string of the molecule is COc1ccc(Cn2c(SCC(=O)NCc3ccccc3F)nc3ccccc3c2=O)cc1OC. The van der Waals surface area contributed by atoms with E-state index in [1.54, 1.807) is 67.3 Å². The maximum Gasteiger partial charge on any atom is 0.262 e. The van der Waals surface area contributed by atoms with Crippen molar-refractivity contribution in [2.24, 2.45) is 0 Å². The lowest BCUT2D eigenvalue weighted by Crippen LogP contribution is -2.27. The molecule has 0 unspecified atom stereocenters. The molecule has 0 saturated carbocycles. The van der Waals surface area contributed by atoms with Crippen molar-refractivity contribution in [1.82, 2.24) is 14.9 Å². The highest BCUT2D eigenvalue weighted by Crippen LogP contribution is 2.28. The third-order valence-corrected chi connectivity index (χ3v) is 6.36. The number of fused-ring (bicyclic) bond motifs is 1. The van der Waals surface area contributed by atoms with Crippen molar-refractivity contribution in [3.05, 3.63) is 94.0 Å². The minimum atomic E-state index is -0.375. The Balaban J connectivity index is 1.58. The van der Waals surface area contributed by atoms with Crippen LogP contribution in [0.25, 0.3) is 10.9 Å². The number of aromatic nitrogens is 2. The van der Waals surface area contributed by atoms with Crippen LogP contribution in [0.2, 0.25) is 0 Å². The van der Waals surface area contributed by atoms with Gasteiger partial charge in [-0.15, -0.1) is 0 Å². The molecule has 4 rings (SSSR count). The lowest BCUT2D eigenvalue weighted by atomic mass is 10.2. The van der Waals surface area contributed by atoms with Gasteiger partial charge < -0.3 is 14.8 Å². The van der Waals surface area contributed by atoms with Gasteiger partial charge in [0.2, 0.25) is 5.91 Å². The molecule has 1 aromatic heterocycles. The van der Waals surface area contributed by atoms with Crippen LogP contribution in [-0.4, -0.2) is 35.4 Å². The first-order chi connectivity index (χ1) is 17.0. The summed E-state index contributed by atoms with van der Waals surface area (Å²) in [6.07, 6.45) is 0. The average molecular weight is 494 g/mol. The molecule has 1 N–H and O–H groups in total. The number of halogens is 1. The summed E-state index contributed by atoms with van der Waals surface area (Å²) < 4.78 is 26.0. The lowest BCUT2D eigenvalue weighted by molar-refractivity contribution is -0.118. The number of thioether (sulfide) groups is 1. The molecule has 3 aromatic carbocycles. The Morgan fingerprint density at radius 2 is 1.77 bits per heavy atom. The summed E-state index contributed by atoms with van der Waals surface area (Å²) in [5.41, 5.74) is 1.56. The quantitative estimate of drug-likeness (QED) is 0.280. The summed E-state index contributed by atoms with van der Waals surface area (Å²) in [7, 11) is 3.10. The summed E-state index contributed by atoms with van der Waals surface area (Å²) in [6.45, 7) is 0.311. The molecular formula is C26H24FN3O4S. The summed E-state index contributed by atoms with van der Waals surface area (Å²) in [4.78, 5) is 30.5. The monoisotopic (exact) mass is 493 g/mol. The van der Waals surface area contributed by atoms with Gasteiger partial charge in [0, 0.05) is 12.1 Å². The Bertz CT molecular complexity index is 1420. The van der Waals surface area contributed by atoms with E-state index in [-0.39, 0.29) is 36.1 Å². The van der Waals surface area contributed by atoms with Crippen molar-refractivity contribution in [3.63, 3.8) is 0 Å². The Morgan fingerprint density at radius 3 is 2.54 bits per heavy atom. The standard InChI is InChI=1S/C26H24FN3O4S/c1-33-22-12-11-17(13-23(22)34-2)15-30-25(32)19-8-4-6-10-21(19)29-26(30)35-16-24(31)28-14-18-7-3-5-9-20(18)27/h3-13H,14-16H2,1-2H3,(H,28,31). The van der Waals surface area contributed by atoms with Crippen LogP contribution in [0.5, 0.6) is 11.5 Å². The number of rotatable bonds is 9. The molecule has 0 atom stereocenters. The third-order valence-electron chi connectivity index (χ3n) is 5.38. The third kappa shape index (κ3) is 5.63. The van der Waals surface area contributed by atoms with Gasteiger partial charge in [-0.2, -0.15) is 0 Å². The number of hydrogen-bond acceptors (Lipinski definition) is 6. The van der Waals surface area contributed by atoms with E-state index in [9.17, 15) is 14.0 Å². The van der Waals surface area contributed by atoms with Crippen molar-refractivity contribution in [1.29, 1.82) is 0 Å². The van der Waals surface area contributed by atoms with Gasteiger partial charge in [0.05, 0.1) is 37.4 Å². The minimum Gasteiger partial charge on any atom is -0.493 e. The zero-order valence-electron chi connectivity index (χ0n) is 19.3. The predicted octanol–water partition coefficient (Wildman–Crippen LogP) is 4.01. The number of benzene rings is 3. The lowest BCUT2D eigenvalue weighted by Gasteiger charge is -2.15. The minimum absolute atomic E-state index is 0.0190. The number of methoxy groups -OCH3 is 2. The van der Waals surface area contributed by atoms with Crippen molar-refractivity contribution in [2.45, 2.75) is 18.2 Å². The first-order valence-electron chi connectivity index (χ1n) is 10.8. The molecule has 35 heavy (non-hydrogen) atoms. The molecule has 0 radical (unpaired) electrons. The number of hydrogen-bond donors (Lipinski definition) is 1. The van der Waals surface area contributed by atoms with Crippen LogP contribution in [0, 0.1) is 5.82 Å². The molecule has 0 fully saturated rings. The summed E-state index contributed by atoms with van der Waals surface area (Å²) in [5.74, 6) is 0.485. The van der Waals surface area contributed by atoms with Gasteiger partial charge in [0.25, 0.3) is 5.56 Å². The van der Waals surface area contributed by atoms with E-state index in [4.69, 9.17) is 9.47 Å². The second-order valence-electron chi connectivity index (χ2n) is 7.65. The van der Waals surface area contributed by atoms with Crippen LogP contribution in [0.4, 0.5) is 4.39 Å². The van der Waals surface area contributed by atoms with E-state index in [0.717, 1.165) is 17.3 Å². The highest BCUT2D eigenvalue weighted by Gasteiger charge is 2.15. The van der Waals surface area contributed by atoms with Gasteiger partial charge in [-0.1, -0.05) is 48.2 Å². The second kappa shape index (κ2) is 11.1. The van der Waals surface area contributed by atoms with Crippen LogP contribution < -0.4 is 20.3 Å². The number of carbonyl (C=O) groups is 1. The zero-order chi connectivity index (χ0) is 24.8. The normalized spacial score (nSPS) is 10.8. The molecule has 0 spiro atoms. The van der Waals surface area contributed by atoms with E-state index in [1.807, 2.05) is 12.1 Å². The molecule has 4 aromatic rings. The molecule has 0 aliphatic heterocycles. The number of para-hydroxylation sites is 1. The molecule has 0 aliphatic rings. The van der Waals surface area contributed by atoms with Gasteiger partial charge in [0.1, 0.15) is 5.82 Å². The number of ether oxygens (including phenoxy) is 2. The Morgan fingerprint density at radius 1 is 1.03 bits per heavy atom. The Labute approximate surface area is 205 Å². The Kier molecular flexibility index (Phi) is 7.67. The van der Waals surface area contributed by atoms with Crippen LogP contribution in [-0.2, 0) is 17.9 Å². The average Bonchev–Trinajstić information content (AvgIpc) is 2.88. The molecule has 1 heterocycles. The topological polar surface area (TPSA) is 82.5 Å². The van der Waals surface area contributed by atoms with E-state index < -0.39 is 0 Å². The van der Waals surface area contributed by atoms with Crippen LogP contribution in [0.1, 0.15) is 11.1 Å². The van der Waals surface area contributed by atoms with Crippen molar-refractivity contribution in [2.75, 3.05) is 20.0 Å². The Hall–Kier alpha value is -3.85. The maximum atomic E-state index is 13.8. The van der Waals surface area contributed by atoms with E-state index >= 15 is 0 Å². The largest absolute Gasteiger partial charge is 0.493 e. The van der Waals surface area contributed by atoms with Crippen molar-refractivity contribution in [3.8, 4) is 11.5 Å². The van der Waals surface area contributed by atoms with Crippen LogP contribution >= 0.6 is 11.8 Å². The van der Waals surface area contributed by atoms with E-state index in [2.05, 4.69) is 10.3 Å². The summed E-state index contributed by atoms with van der Waals surface area (Å²) >= 11 is 1.15. The van der Waals surface area contributed by atoms with Crippen LogP contribution in [0.3, 0.4) is 0 Å². The van der Waals surface area contributed by atoms with E-state index in [0.29, 0.717) is 33.1 Å². The number of amides is 1. The molecule has 0 bridgehead atoms. The maximum absolute atomic E-state index is 13.8. The molecule has 0 saturated heterocycles. The first kappa shape index (κ1) is 24.3. The molecule has 9 heteroatoms. The van der Waals surface area contributed by atoms with Gasteiger partial charge in [-0.3, -0.25) is 14.2 Å².